The van der Waals surface area contributed by atoms with E-state index in [0.717, 1.165) is 24.0 Å². The molecule has 2 aromatic carbocycles. The highest BCUT2D eigenvalue weighted by atomic mass is 35.5. The van der Waals surface area contributed by atoms with Gasteiger partial charge < -0.3 is 9.32 Å². The van der Waals surface area contributed by atoms with E-state index in [9.17, 15) is 9.18 Å². The van der Waals surface area contributed by atoms with Crippen LogP contribution in [0, 0.1) is 5.82 Å². The second-order valence-corrected chi connectivity index (χ2v) is 7.03. The standard InChI is InChI=1S/C21H17ClFN3O2/c22-16-6-4-15(5-7-16)21-25-24-19(28-21)13-26(18-10-11-18)20(27)12-3-14-1-8-17(23)9-2-14/h1-9,12,18H,10-11,13H2/b12-3+. The van der Waals surface area contributed by atoms with Crippen LogP contribution in [0.1, 0.15) is 24.3 Å². The van der Waals surface area contributed by atoms with Gasteiger partial charge in [-0.15, -0.1) is 10.2 Å². The van der Waals surface area contributed by atoms with E-state index in [1.165, 1.54) is 18.2 Å². The zero-order chi connectivity index (χ0) is 19.5. The van der Waals surface area contributed by atoms with Crippen molar-refractivity contribution in [2.24, 2.45) is 0 Å². The van der Waals surface area contributed by atoms with Gasteiger partial charge in [-0.1, -0.05) is 23.7 Å². The number of aromatic nitrogens is 2. The van der Waals surface area contributed by atoms with Crippen LogP contribution in [0.2, 0.25) is 5.02 Å². The van der Waals surface area contributed by atoms with Gasteiger partial charge in [-0.05, 0) is 60.9 Å². The van der Waals surface area contributed by atoms with Crippen molar-refractivity contribution in [3.05, 3.63) is 76.9 Å². The molecular weight excluding hydrogens is 381 g/mol. The van der Waals surface area contributed by atoms with Crippen LogP contribution >= 0.6 is 11.6 Å². The zero-order valence-corrected chi connectivity index (χ0v) is 15.6. The van der Waals surface area contributed by atoms with E-state index >= 15 is 0 Å². The molecule has 1 aliphatic rings. The Morgan fingerprint density at radius 2 is 1.86 bits per heavy atom. The quantitative estimate of drug-likeness (QED) is 0.564. The van der Waals surface area contributed by atoms with Crippen LogP contribution in [0.3, 0.4) is 0 Å². The SMILES string of the molecule is O=C(/C=C/c1ccc(F)cc1)N(Cc1nnc(-c2ccc(Cl)cc2)o1)C1CC1. The number of rotatable bonds is 6. The van der Waals surface area contributed by atoms with Gasteiger partial charge in [0.1, 0.15) is 5.82 Å². The van der Waals surface area contributed by atoms with Crippen molar-refractivity contribution in [1.82, 2.24) is 15.1 Å². The van der Waals surface area contributed by atoms with E-state index in [4.69, 9.17) is 16.0 Å². The maximum absolute atomic E-state index is 13.0. The molecule has 0 N–H and O–H groups in total. The molecule has 0 spiro atoms. The molecule has 142 valence electrons. The molecule has 1 amide bonds. The molecule has 1 fully saturated rings. The predicted molar refractivity (Wildman–Crippen MR) is 104 cm³/mol. The summed E-state index contributed by atoms with van der Waals surface area (Å²) in [4.78, 5) is 14.4. The molecule has 0 unspecified atom stereocenters. The van der Waals surface area contributed by atoms with Crippen molar-refractivity contribution in [2.75, 3.05) is 0 Å². The Hall–Kier alpha value is -2.99. The number of amides is 1. The number of nitrogens with zero attached hydrogens (tertiary/aromatic N) is 3. The lowest BCUT2D eigenvalue weighted by Crippen LogP contribution is -2.31. The Bertz CT molecular complexity index is 995. The second kappa shape index (κ2) is 7.94. The summed E-state index contributed by atoms with van der Waals surface area (Å²) in [5, 5.41) is 8.75. The van der Waals surface area contributed by atoms with Gasteiger partial charge in [-0.2, -0.15) is 0 Å². The number of carbonyl (C=O) groups is 1. The fourth-order valence-electron chi connectivity index (χ4n) is 2.78. The summed E-state index contributed by atoms with van der Waals surface area (Å²) in [6.45, 7) is 0.248. The van der Waals surface area contributed by atoms with Crippen molar-refractivity contribution in [3.8, 4) is 11.5 Å². The fourth-order valence-corrected chi connectivity index (χ4v) is 2.91. The van der Waals surface area contributed by atoms with Gasteiger partial charge in [0.05, 0.1) is 6.54 Å². The lowest BCUT2D eigenvalue weighted by molar-refractivity contribution is -0.127. The van der Waals surface area contributed by atoms with Gasteiger partial charge >= 0.3 is 0 Å². The average Bonchev–Trinajstić information content (AvgIpc) is 3.44. The van der Waals surface area contributed by atoms with Crippen molar-refractivity contribution in [1.29, 1.82) is 0 Å². The minimum atomic E-state index is -0.309. The number of hydrogen-bond acceptors (Lipinski definition) is 4. The Kier molecular flexibility index (Phi) is 5.21. The van der Waals surface area contributed by atoms with Gasteiger partial charge in [0.15, 0.2) is 0 Å². The smallest absolute Gasteiger partial charge is 0.247 e. The first-order valence-corrected chi connectivity index (χ1v) is 9.29. The molecule has 1 aliphatic carbocycles. The predicted octanol–water partition coefficient (Wildman–Crippen LogP) is 4.73. The van der Waals surface area contributed by atoms with E-state index in [-0.39, 0.29) is 24.3 Å². The summed E-state index contributed by atoms with van der Waals surface area (Å²) in [6, 6.07) is 13.2. The maximum atomic E-state index is 13.0. The summed E-state index contributed by atoms with van der Waals surface area (Å²) in [5.41, 5.74) is 1.52. The van der Waals surface area contributed by atoms with Crippen LogP contribution in [0.25, 0.3) is 17.5 Å². The third kappa shape index (κ3) is 4.46. The van der Waals surface area contributed by atoms with Crippen LogP contribution in [0.5, 0.6) is 0 Å². The van der Waals surface area contributed by atoms with Crippen molar-refractivity contribution in [3.63, 3.8) is 0 Å². The van der Waals surface area contributed by atoms with Gasteiger partial charge in [-0.25, -0.2) is 4.39 Å². The van der Waals surface area contributed by atoms with E-state index in [1.807, 2.05) is 0 Å². The Morgan fingerprint density at radius 3 is 2.54 bits per heavy atom. The molecule has 3 aromatic rings. The molecule has 0 atom stereocenters. The monoisotopic (exact) mass is 397 g/mol. The highest BCUT2D eigenvalue weighted by Crippen LogP contribution is 2.29. The third-order valence-electron chi connectivity index (χ3n) is 4.42. The lowest BCUT2D eigenvalue weighted by atomic mass is 10.2. The minimum Gasteiger partial charge on any atom is -0.419 e. The first-order chi connectivity index (χ1) is 13.6. The summed E-state index contributed by atoms with van der Waals surface area (Å²) in [7, 11) is 0. The van der Waals surface area contributed by atoms with E-state index in [0.29, 0.717) is 16.8 Å². The van der Waals surface area contributed by atoms with Gasteiger partial charge in [0.2, 0.25) is 17.7 Å². The molecule has 1 saturated carbocycles. The largest absolute Gasteiger partial charge is 0.419 e. The highest BCUT2D eigenvalue weighted by molar-refractivity contribution is 6.30. The molecule has 0 radical (unpaired) electrons. The van der Waals surface area contributed by atoms with Crippen LogP contribution < -0.4 is 0 Å². The molecule has 5 nitrogen and oxygen atoms in total. The van der Waals surface area contributed by atoms with E-state index < -0.39 is 0 Å². The van der Waals surface area contributed by atoms with Gasteiger partial charge in [0, 0.05) is 22.7 Å². The first kappa shape index (κ1) is 18.4. The molecule has 7 heteroatoms. The molecule has 1 aromatic heterocycles. The van der Waals surface area contributed by atoms with Gasteiger partial charge in [0.25, 0.3) is 0 Å². The second-order valence-electron chi connectivity index (χ2n) is 6.59. The Labute approximate surface area is 166 Å². The number of benzene rings is 2. The van der Waals surface area contributed by atoms with Crippen LogP contribution in [0.15, 0.2) is 59.0 Å². The average molecular weight is 398 g/mol. The minimum absolute atomic E-state index is 0.141. The van der Waals surface area contributed by atoms with Crippen LogP contribution in [-0.2, 0) is 11.3 Å². The number of carbonyl (C=O) groups excluding carboxylic acids is 1. The fraction of sp³-hybridized carbons (Fsp3) is 0.190. The first-order valence-electron chi connectivity index (χ1n) is 8.91. The van der Waals surface area contributed by atoms with E-state index in [2.05, 4.69) is 10.2 Å². The Morgan fingerprint density at radius 1 is 1.14 bits per heavy atom. The van der Waals surface area contributed by atoms with Crippen molar-refractivity contribution >= 4 is 23.6 Å². The normalized spacial score (nSPS) is 13.8. The third-order valence-corrected chi connectivity index (χ3v) is 4.67. The molecular formula is C21H17ClFN3O2. The van der Waals surface area contributed by atoms with Gasteiger partial charge in [-0.3, -0.25) is 4.79 Å². The molecule has 28 heavy (non-hydrogen) atoms. The number of hydrogen-bond donors (Lipinski definition) is 0. The molecule has 0 bridgehead atoms. The Balaban J connectivity index is 1.46. The zero-order valence-electron chi connectivity index (χ0n) is 14.9. The molecule has 0 saturated heterocycles. The summed E-state index contributed by atoms with van der Waals surface area (Å²) < 4.78 is 18.7. The van der Waals surface area contributed by atoms with Crippen molar-refractivity contribution < 1.29 is 13.6 Å². The summed E-state index contributed by atoms with van der Waals surface area (Å²) in [5.74, 6) is 0.311. The number of halogens is 2. The molecule has 0 aliphatic heterocycles. The lowest BCUT2D eigenvalue weighted by Gasteiger charge is -2.18. The topological polar surface area (TPSA) is 59.2 Å². The van der Waals surface area contributed by atoms with Crippen molar-refractivity contribution in [2.45, 2.75) is 25.4 Å². The maximum Gasteiger partial charge on any atom is 0.247 e. The molecule has 1 heterocycles. The van der Waals surface area contributed by atoms with E-state index in [1.54, 1.807) is 47.4 Å². The summed E-state index contributed by atoms with van der Waals surface area (Å²) >= 11 is 5.90. The summed E-state index contributed by atoms with van der Waals surface area (Å²) in [6.07, 6.45) is 5.06. The molecule has 4 rings (SSSR count). The van der Waals surface area contributed by atoms with Crippen LogP contribution in [0.4, 0.5) is 4.39 Å². The highest BCUT2D eigenvalue weighted by Gasteiger charge is 2.32. The van der Waals surface area contributed by atoms with Crippen LogP contribution in [-0.4, -0.2) is 27.0 Å².